The van der Waals surface area contributed by atoms with Gasteiger partial charge in [-0.25, -0.2) is 0 Å². The van der Waals surface area contributed by atoms with Gasteiger partial charge in [0.15, 0.2) is 0 Å². The van der Waals surface area contributed by atoms with Gasteiger partial charge in [-0.05, 0) is 49.6 Å². The van der Waals surface area contributed by atoms with Crippen LogP contribution in [-0.4, -0.2) is 42.6 Å². The van der Waals surface area contributed by atoms with Crippen molar-refractivity contribution in [3.05, 3.63) is 29.8 Å². The van der Waals surface area contributed by atoms with Crippen LogP contribution < -0.4 is 4.74 Å². The van der Waals surface area contributed by atoms with Crippen LogP contribution in [0, 0.1) is 6.92 Å². The van der Waals surface area contributed by atoms with E-state index in [1.54, 1.807) is 0 Å². The fourth-order valence-electron chi connectivity index (χ4n) is 2.09. The molecule has 1 aliphatic rings. The first kappa shape index (κ1) is 12.8. The molecule has 1 aromatic carbocycles. The quantitative estimate of drug-likeness (QED) is 0.721. The summed E-state index contributed by atoms with van der Waals surface area (Å²) in [5.74, 6) is 2.28. The highest BCUT2D eigenvalue weighted by Crippen LogP contribution is 2.19. The van der Waals surface area contributed by atoms with Gasteiger partial charge in [0.25, 0.3) is 0 Å². The Labute approximate surface area is 108 Å². The van der Waals surface area contributed by atoms with E-state index in [1.165, 1.54) is 24.3 Å². The predicted octanol–water partition coefficient (Wildman–Crippen LogP) is 2.81. The Morgan fingerprint density at radius 1 is 1.41 bits per heavy atom. The van der Waals surface area contributed by atoms with Gasteiger partial charge in [-0.2, -0.15) is 11.8 Å². The fourth-order valence-corrected chi connectivity index (χ4v) is 2.51. The van der Waals surface area contributed by atoms with Crippen LogP contribution in [0.4, 0.5) is 0 Å². The van der Waals surface area contributed by atoms with Crippen molar-refractivity contribution in [1.82, 2.24) is 4.90 Å². The normalized spacial score (nSPS) is 16.8. The maximum atomic E-state index is 5.92. The van der Waals surface area contributed by atoms with Crippen LogP contribution in [0.5, 0.6) is 5.75 Å². The molecule has 94 valence electrons. The Kier molecular flexibility index (Phi) is 4.75. The highest BCUT2D eigenvalue weighted by atomic mass is 32.2. The van der Waals surface area contributed by atoms with Crippen LogP contribution >= 0.6 is 11.8 Å². The molecule has 1 aromatic rings. The number of hydrogen-bond donors (Lipinski definition) is 0. The van der Waals surface area contributed by atoms with Crippen molar-refractivity contribution < 1.29 is 4.74 Å². The molecule has 1 heterocycles. The van der Waals surface area contributed by atoms with Gasteiger partial charge in [0.1, 0.15) is 11.9 Å². The van der Waals surface area contributed by atoms with Gasteiger partial charge >= 0.3 is 0 Å². The summed E-state index contributed by atoms with van der Waals surface area (Å²) in [6.07, 6.45) is 3.85. The third-order valence-electron chi connectivity index (χ3n) is 3.04. The Morgan fingerprint density at radius 3 is 2.94 bits per heavy atom. The lowest BCUT2D eigenvalue weighted by molar-refractivity contribution is 0.0204. The SMILES string of the molecule is CSCCCN1CC(Oc2cccc(C)c2)C1. The van der Waals surface area contributed by atoms with Crippen LogP contribution in [-0.2, 0) is 0 Å². The molecule has 0 aromatic heterocycles. The molecule has 2 nitrogen and oxygen atoms in total. The predicted molar refractivity (Wildman–Crippen MR) is 75.0 cm³/mol. The summed E-state index contributed by atoms with van der Waals surface area (Å²) in [7, 11) is 0. The van der Waals surface area contributed by atoms with Gasteiger partial charge in [-0.15, -0.1) is 0 Å². The highest BCUT2D eigenvalue weighted by molar-refractivity contribution is 7.98. The summed E-state index contributed by atoms with van der Waals surface area (Å²) in [5, 5.41) is 0. The van der Waals surface area contributed by atoms with E-state index in [1.807, 2.05) is 17.8 Å². The van der Waals surface area contributed by atoms with Gasteiger partial charge in [-0.1, -0.05) is 12.1 Å². The average molecular weight is 251 g/mol. The van der Waals surface area contributed by atoms with Crippen LogP contribution in [0.15, 0.2) is 24.3 Å². The molecule has 0 saturated carbocycles. The molecule has 2 rings (SSSR count). The first-order chi connectivity index (χ1) is 8.28. The highest BCUT2D eigenvalue weighted by Gasteiger charge is 2.27. The van der Waals surface area contributed by atoms with Crippen molar-refractivity contribution in [2.45, 2.75) is 19.4 Å². The van der Waals surface area contributed by atoms with E-state index >= 15 is 0 Å². The maximum absolute atomic E-state index is 5.92. The lowest BCUT2D eigenvalue weighted by atomic mass is 10.1. The molecule has 0 spiro atoms. The number of thioether (sulfide) groups is 1. The third-order valence-corrected chi connectivity index (χ3v) is 3.74. The van der Waals surface area contributed by atoms with E-state index in [9.17, 15) is 0 Å². The molecule has 0 amide bonds. The molecule has 1 saturated heterocycles. The third kappa shape index (κ3) is 3.93. The lowest BCUT2D eigenvalue weighted by Crippen LogP contribution is -2.53. The largest absolute Gasteiger partial charge is 0.488 e. The second-order valence-electron chi connectivity index (χ2n) is 4.66. The van der Waals surface area contributed by atoms with E-state index in [0.29, 0.717) is 6.10 Å². The molecular formula is C14H21NOS. The number of ether oxygens (including phenoxy) is 1. The van der Waals surface area contributed by atoms with E-state index in [4.69, 9.17) is 4.74 Å². The van der Waals surface area contributed by atoms with E-state index in [2.05, 4.69) is 36.3 Å². The summed E-state index contributed by atoms with van der Waals surface area (Å²) >= 11 is 1.93. The molecule has 1 aliphatic heterocycles. The molecule has 0 unspecified atom stereocenters. The molecular weight excluding hydrogens is 230 g/mol. The van der Waals surface area contributed by atoms with Crippen molar-refractivity contribution in [3.8, 4) is 5.75 Å². The minimum atomic E-state index is 0.395. The molecule has 1 fully saturated rings. The summed E-state index contributed by atoms with van der Waals surface area (Å²) < 4.78 is 5.92. The number of benzene rings is 1. The van der Waals surface area contributed by atoms with Gasteiger partial charge in [0.05, 0.1) is 0 Å². The van der Waals surface area contributed by atoms with Crippen LogP contribution in [0.3, 0.4) is 0 Å². The minimum absolute atomic E-state index is 0.395. The van der Waals surface area contributed by atoms with Crippen molar-refractivity contribution in [3.63, 3.8) is 0 Å². The van der Waals surface area contributed by atoms with Gasteiger partial charge in [-0.3, -0.25) is 4.90 Å². The molecule has 17 heavy (non-hydrogen) atoms. The van der Waals surface area contributed by atoms with Gasteiger partial charge < -0.3 is 4.74 Å². The van der Waals surface area contributed by atoms with E-state index in [-0.39, 0.29) is 0 Å². The fraction of sp³-hybridized carbons (Fsp3) is 0.571. The first-order valence-electron chi connectivity index (χ1n) is 6.22. The zero-order chi connectivity index (χ0) is 12.1. The zero-order valence-electron chi connectivity index (χ0n) is 10.7. The molecule has 0 aliphatic carbocycles. The second kappa shape index (κ2) is 6.31. The van der Waals surface area contributed by atoms with E-state index < -0.39 is 0 Å². The Balaban J connectivity index is 1.67. The van der Waals surface area contributed by atoms with Crippen molar-refractivity contribution >= 4 is 11.8 Å². The molecule has 0 N–H and O–H groups in total. The first-order valence-corrected chi connectivity index (χ1v) is 7.62. The van der Waals surface area contributed by atoms with Crippen molar-refractivity contribution in [1.29, 1.82) is 0 Å². The van der Waals surface area contributed by atoms with Crippen molar-refractivity contribution in [2.24, 2.45) is 0 Å². The topological polar surface area (TPSA) is 12.5 Å². The molecule has 3 heteroatoms. The van der Waals surface area contributed by atoms with E-state index in [0.717, 1.165) is 18.8 Å². The summed E-state index contributed by atoms with van der Waals surface area (Å²) in [5.41, 5.74) is 1.26. The van der Waals surface area contributed by atoms with Gasteiger partial charge in [0, 0.05) is 13.1 Å². The molecule has 0 bridgehead atoms. The Hall–Kier alpha value is -0.670. The smallest absolute Gasteiger partial charge is 0.124 e. The average Bonchev–Trinajstić information content (AvgIpc) is 2.26. The summed E-state index contributed by atoms with van der Waals surface area (Å²) in [6.45, 7) is 5.49. The monoisotopic (exact) mass is 251 g/mol. The summed E-state index contributed by atoms with van der Waals surface area (Å²) in [6, 6.07) is 8.31. The zero-order valence-corrected chi connectivity index (χ0v) is 11.5. The number of hydrogen-bond acceptors (Lipinski definition) is 3. The maximum Gasteiger partial charge on any atom is 0.124 e. The van der Waals surface area contributed by atoms with Gasteiger partial charge in [0.2, 0.25) is 0 Å². The number of nitrogens with zero attached hydrogens (tertiary/aromatic N) is 1. The van der Waals surface area contributed by atoms with Crippen LogP contribution in [0.1, 0.15) is 12.0 Å². The number of likely N-dealkylation sites (tertiary alicyclic amines) is 1. The number of aryl methyl sites for hydroxylation is 1. The Bertz CT molecular complexity index is 350. The molecule has 0 atom stereocenters. The van der Waals surface area contributed by atoms with Crippen LogP contribution in [0.2, 0.25) is 0 Å². The minimum Gasteiger partial charge on any atom is -0.488 e. The number of rotatable bonds is 6. The lowest BCUT2D eigenvalue weighted by Gasteiger charge is -2.39. The summed E-state index contributed by atoms with van der Waals surface area (Å²) in [4.78, 5) is 2.47. The standard InChI is InChI=1S/C14H21NOS/c1-12-5-3-6-13(9-12)16-14-10-15(11-14)7-4-8-17-2/h3,5-6,9,14H,4,7-8,10-11H2,1-2H3. The van der Waals surface area contributed by atoms with Crippen molar-refractivity contribution in [2.75, 3.05) is 31.6 Å². The van der Waals surface area contributed by atoms with Crippen LogP contribution in [0.25, 0.3) is 0 Å². The molecule has 0 radical (unpaired) electrons. The second-order valence-corrected chi connectivity index (χ2v) is 5.65. The Morgan fingerprint density at radius 2 is 2.24 bits per heavy atom.